The quantitative estimate of drug-likeness (QED) is 0.897. The Morgan fingerprint density at radius 1 is 1.42 bits per heavy atom. The largest absolute Gasteiger partial charge is 0.325 e. The summed E-state index contributed by atoms with van der Waals surface area (Å²) < 4.78 is 15.8. The second-order valence-electron chi connectivity index (χ2n) is 5.00. The van der Waals surface area contributed by atoms with Crippen LogP contribution in [0.4, 0.5) is 16.0 Å². The number of imidazole rings is 1. The van der Waals surface area contributed by atoms with Crippen molar-refractivity contribution in [3.8, 4) is 0 Å². The van der Waals surface area contributed by atoms with E-state index in [0.717, 1.165) is 23.9 Å². The molecule has 19 heavy (non-hydrogen) atoms. The van der Waals surface area contributed by atoms with Gasteiger partial charge in [0.15, 0.2) is 0 Å². The van der Waals surface area contributed by atoms with Crippen molar-refractivity contribution in [2.75, 3.05) is 5.32 Å². The molecule has 2 aromatic rings. The number of nitrogens with one attached hydrogen (secondary N) is 1. The van der Waals surface area contributed by atoms with Gasteiger partial charge in [-0.05, 0) is 47.0 Å². The van der Waals surface area contributed by atoms with Gasteiger partial charge in [-0.3, -0.25) is 0 Å². The van der Waals surface area contributed by atoms with Crippen molar-refractivity contribution < 1.29 is 4.39 Å². The topological polar surface area (TPSA) is 29.9 Å². The van der Waals surface area contributed by atoms with E-state index in [1.807, 2.05) is 13.1 Å². The van der Waals surface area contributed by atoms with Gasteiger partial charge in [-0.1, -0.05) is 13.8 Å². The summed E-state index contributed by atoms with van der Waals surface area (Å²) in [5, 5.41) is 3.23. The summed E-state index contributed by atoms with van der Waals surface area (Å²) in [6, 6.07) is 4.56. The Labute approximate surface area is 121 Å². The molecule has 3 nitrogen and oxygen atoms in total. The zero-order chi connectivity index (χ0) is 14.0. The molecule has 0 fully saturated rings. The van der Waals surface area contributed by atoms with E-state index in [2.05, 4.69) is 44.6 Å². The summed E-state index contributed by atoms with van der Waals surface area (Å²) in [5.74, 6) is 1.04. The number of benzene rings is 1. The van der Waals surface area contributed by atoms with Crippen LogP contribution in [0, 0.1) is 18.7 Å². The van der Waals surface area contributed by atoms with E-state index in [4.69, 9.17) is 0 Å². The molecule has 0 aliphatic carbocycles. The van der Waals surface area contributed by atoms with E-state index in [9.17, 15) is 4.39 Å². The van der Waals surface area contributed by atoms with Crippen molar-refractivity contribution in [2.45, 2.75) is 27.3 Å². The highest BCUT2D eigenvalue weighted by molar-refractivity contribution is 9.10. The first-order chi connectivity index (χ1) is 8.95. The van der Waals surface area contributed by atoms with E-state index >= 15 is 0 Å². The van der Waals surface area contributed by atoms with Crippen molar-refractivity contribution >= 4 is 27.6 Å². The van der Waals surface area contributed by atoms with Crippen LogP contribution in [0.5, 0.6) is 0 Å². The van der Waals surface area contributed by atoms with E-state index < -0.39 is 0 Å². The molecular weight excluding hydrogens is 309 g/mol. The minimum absolute atomic E-state index is 0.265. The van der Waals surface area contributed by atoms with E-state index in [1.54, 1.807) is 6.07 Å². The fourth-order valence-corrected chi connectivity index (χ4v) is 2.34. The third-order valence-corrected chi connectivity index (χ3v) is 3.29. The SMILES string of the molecule is Cc1cn(CC(C)C)c(Nc2ccc(F)cc2Br)n1. The summed E-state index contributed by atoms with van der Waals surface area (Å²) in [5.41, 5.74) is 1.76. The zero-order valence-corrected chi connectivity index (χ0v) is 12.8. The highest BCUT2D eigenvalue weighted by Gasteiger charge is 2.09. The van der Waals surface area contributed by atoms with Crippen LogP contribution in [0.2, 0.25) is 0 Å². The number of rotatable bonds is 4. The molecule has 0 unspecified atom stereocenters. The van der Waals surface area contributed by atoms with Gasteiger partial charge in [0.2, 0.25) is 5.95 Å². The van der Waals surface area contributed by atoms with Gasteiger partial charge < -0.3 is 9.88 Å². The molecule has 0 bridgehead atoms. The predicted molar refractivity (Wildman–Crippen MR) is 79.2 cm³/mol. The summed E-state index contributed by atoms with van der Waals surface area (Å²) in [4.78, 5) is 4.46. The predicted octanol–water partition coefficient (Wildman–Crippen LogP) is 4.49. The van der Waals surface area contributed by atoms with Gasteiger partial charge in [0.1, 0.15) is 5.82 Å². The number of halogens is 2. The maximum Gasteiger partial charge on any atom is 0.207 e. The molecule has 0 saturated heterocycles. The summed E-state index contributed by atoms with van der Waals surface area (Å²) in [7, 11) is 0. The first-order valence-electron chi connectivity index (χ1n) is 6.21. The molecule has 0 amide bonds. The first kappa shape index (κ1) is 14.1. The van der Waals surface area contributed by atoms with Crippen LogP contribution in [0.15, 0.2) is 28.9 Å². The van der Waals surface area contributed by atoms with Crippen LogP contribution in [-0.2, 0) is 6.54 Å². The molecule has 0 spiro atoms. The molecule has 0 aliphatic rings. The van der Waals surface area contributed by atoms with E-state index in [0.29, 0.717) is 10.4 Å². The number of hydrogen-bond donors (Lipinski definition) is 1. The number of aromatic nitrogens is 2. The first-order valence-corrected chi connectivity index (χ1v) is 7.01. The molecular formula is C14H17BrFN3. The van der Waals surface area contributed by atoms with Gasteiger partial charge in [0.05, 0.1) is 11.4 Å². The van der Waals surface area contributed by atoms with E-state index in [-0.39, 0.29) is 5.82 Å². The number of nitrogens with zero attached hydrogens (tertiary/aromatic N) is 2. The fraction of sp³-hybridized carbons (Fsp3) is 0.357. The molecule has 0 radical (unpaired) electrons. The normalized spacial score (nSPS) is 11.1. The highest BCUT2D eigenvalue weighted by Crippen LogP contribution is 2.26. The van der Waals surface area contributed by atoms with Crippen LogP contribution in [0.1, 0.15) is 19.5 Å². The number of aryl methyl sites for hydroxylation is 1. The third kappa shape index (κ3) is 3.56. The lowest BCUT2D eigenvalue weighted by molar-refractivity contribution is 0.527. The van der Waals surface area contributed by atoms with Gasteiger partial charge in [-0.25, -0.2) is 9.37 Å². The third-order valence-electron chi connectivity index (χ3n) is 2.64. The van der Waals surface area contributed by atoms with Crippen LogP contribution in [0.25, 0.3) is 0 Å². The zero-order valence-electron chi connectivity index (χ0n) is 11.2. The van der Waals surface area contributed by atoms with Crippen molar-refractivity contribution in [2.24, 2.45) is 5.92 Å². The number of anilines is 2. The lowest BCUT2D eigenvalue weighted by Crippen LogP contribution is -2.07. The molecule has 0 aliphatic heterocycles. The van der Waals surface area contributed by atoms with Crippen molar-refractivity contribution in [3.63, 3.8) is 0 Å². The Kier molecular flexibility index (Phi) is 4.24. The summed E-state index contributed by atoms with van der Waals surface area (Å²) >= 11 is 3.35. The van der Waals surface area contributed by atoms with Crippen LogP contribution >= 0.6 is 15.9 Å². The smallest absolute Gasteiger partial charge is 0.207 e. The van der Waals surface area contributed by atoms with Crippen LogP contribution in [-0.4, -0.2) is 9.55 Å². The van der Waals surface area contributed by atoms with Gasteiger partial charge in [0.25, 0.3) is 0 Å². The molecule has 2 rings (SSSR count). The van der Waals surface area contributed by atoms with Crippen LogP contribution in [0.3, 0.4) is 0 Å². The second-order valence-corrected chi connectivity index (χ2v) is 5.86. The Morgan fingerprint density at radius 3 is 2.79 bits per heavy atom. The molecule has 5 heteroatoms. The average molecular weight is 326 g/mol. The van der Waals surface area contributed by atoms with Gasteiger partial charge in [-0.15, -0.1) is 0 Å². The summed E-state index contributed by atoms with van der Waals surface area (Å²) in [6.07, 6.45) is 2.01. The van der Waals surface area contributed by atoms with Gasteiger partial charge in [0, 0.05) is 17.2 Å². The molecule has 1 heterocycles. The molecule has 1 aromatic carbocycles. The number of hydrogen-bond acceptors (Lipinski definition) is 2. The van der Waals surface area contributed by atoms with Gasteiger partial charge >= 0.3 is 0 Å². The molecule has 1 N–H and O–H groups in total. The van der Waals surface area contributed by atoms with E-state index in [1.165, 1.54) is 12.1 Å². The standard InChI is InChI=1S/C14H17BrFN3/c1-9(2)7-19-8-10(3)17-14(19)18-13-5-4-11(16)6-12(13)15/h4-6,8-9H,7H2,1-3H3,(H,17,18). The highest BCUT2D eigenvalue weighted by atomic mass is 79.9. The maximum absolute atomic E-state index is 13.1. The second kappa shape index (κ2) is 5.74. The Morgan fingerprint density at radius 2 is 2.16 bits per heavy atom. The lowest BCUT2D eigenvalue weighted by Gasteiger charge is -2.12. The van der Waals surface area contributed by atoms with Gasteiger partial charge in [-0.2, -0.15) is 0 Å². The molecule has 102 valence electrons. The van der Waals surface area contributed by atoms with Crippen molar-refractivity contribution in [1.29, 1.82) is 0 Å². The average Bonchev–Trinajstić information content (AvgIpc) is 2.62. The fourth-order valence-electron chi connectivity index (χ4n) is 1.89. The minimum Gasteiger partial charge on any atom is -0.325 e. The van der Waals surface area contributed by atoms with Crippen molar-refractivity contribution in [3.05, 3.63) is 40.4 Å². The molecule has 1 aromatic heterocycles. The monoisotopic (exact) mass is 325 g/mol. The maximum atomic E-state index is 13.1. The minimum atomic E-state index is -0.265. The Balaban J connectivity index is 2.27. The molecule has 0 saturated carbocycles. The Bertz CT molecular complexity index is 578. The van der Waals surface area contributed by atoms with Crippen molar-refractivity contribution in [1.82, 2.24) is 9.55 Å². The summed E-state index contributed by atoms with van der Waals surface area (Å²) in [6.45, 7) is 7.17. The van der Waals surface area contributed by atoms with Crippen LogP contribution < -0.4 is 5.32 Å². The molecule has 0 atom stereocenters. The lowest BCUT2D eigenvalue weighted by atomic mass is 10.2. The Hall–Kier alpha value is -1.36.